The minimum Gasteiger partial charge on any atom is -0.374 e. The highest BCUT2D eigenvalue weighted by atomic mass is 35.5. The van der Waals surface area contributed by atoms with Crippen LogP contribution in [0.25, 0.3) is 11.2 Å². The molecule has 130 valence electrons. The number of aliphatic hydroxyl groups excluding tert-OH is 1. The smallest absolute Gasteiger partial charge is 0.207 e. The van der Waals surface area contributed by atoms with Crippen molar-refractivity contribution in [1.82, 2.24) is 14.5 Å². The standard InChI is InChI=1S/C18H25ClN4O/c19-15-10-9-14-17(21-15)23(13-6-3-7-13)18(20-14)22-16(24)11-8-12-4-1-2-5-12/h9-10,12-13,16,24H,1-8,11H2,(H,20,22). The van der Waals surface area contributed by atoms with Crippen molar-refractivity contribution in [3.8, 4) is 0 Å². The molecule has 6 heteroatoms. The third kappa shape index (κ3) is 3.24. The molecule has 1 atom stereocenters. The summed E-state index contributed by atoms with van der Waals surface area (Å²) in [5.41, 5.74) is 1.65. The van der Waals surface area contributed by atoms with E-state index >= 15 is 0 Å². The summed E-state index contributed by atoms with van der Waals surface area (Å²) in [4.78, 5) is 9.11. The van der Waals surface area contributed by atoms with E-state index in [1.807, 2.05) is 6.07 Å². The Hall–Kier alpha value is -1.33. The van der Waals surface area contributed by atoms with Crippen molar-refractivity contribution >= 4 is 28.7 Å². The van der Waals surface area contributed by atoms with Crippen molar-refractivity contribution in [3.05, 3.63) is 17.3 Å². The SMILES string of the molecule is OC(CCC1CCCC1)Nc1nc2ccc(Cl)nc2n1C1CCC1. The second-order valence-corrected chi connectivity index (χ2v) is 7.64. The maximum absolute atomic E-state index is 10.4. The fraction of sp³-hybridized carbons (Fsp3) is 0.667. The zero-order valence-corrected chi connectivity index (χ0v) is 14.7. The van der Waals surface area contributed by atoms with Crippen molar-refractivity contribution in [1.29, 1.82) is 0 Å². The van der Waals surface area contributed by atoms with Crippen LogP contribution in [0.5, 0.6) is 0 Å². The lowest BCUT2D eigenvalue weighted by Gasteiger charge is -2.29. The fourth-order valence-corrected chi connectivity index (χ4v) is 4.10. The van der Waals surface area contributed by atoms with Gasteiger partial charge in [-0.2, -0.15) is 0 Å². The van der Waals surface area contributed by atoms with Crippen molar-refractivity contribution in [3.63, 3.8) is 0 Å². The zero-order chi connectivity index (χ0) is 16.5. The quantitative estimate of drug-likeness (QED) is 0.595. The minimum atomic E-state index is -0.559. The fourth-order valence-electron chi connectivity index (χ4n) is 3.96. The van der Waals surface area contributed by atoms with Gasteiger partial charge in [-0.3, -0.25) is 4.57 Å². The Morgan fingerprint density at radius 3 is 2.67 bits per heavy atom. The normalized spacial score (nSPS) is 20.4. The highest BCUT2D eigenvalue weighted by Crippen LogP contribution is 2.37. The van der Waals surface area contributed by atoms with E-state index in [-0.39, 0.29) is 0 Å². The summed E-state index contributed by atoms with van der Waals surface area (Å²) in [5.74, 6) is 1.51. The van der Waals surface area contributed by atoms with Gasteiger partial charge >= 0.3 is 0 Å². The highest BCUT2D eigenvalue weighted by molar-refractivity contribution is 6.29. The van der Waals surface area contributed by atoms with Crippen LogP contribution in [0.15, 0.2) is 12.1 Å². The van der Waals surface area contributed by atoms with E-state index in [4.69, 9.17) is 11.6 Å². The highest BCUT2D eigenvalue weighted by Gasteiger charge is 2.26. The van der Waals surface area contributed by atoms with Crippen molar-refractivity contribution in [2.24, 2.45) is 5.92 Å². The lowest BCUT2D eigenvalue weighted by atomic mass is 9.93. The molecule has 0 spiro atoms. The van der Waals surface area contributed by atoms with E-state index in [0.717, 1.165) is 48.7 Å². The van der Waals surface area contributed by atoms with E-state index < -0.39 is 6.23 Å². The van der Waals surface area contributed by atoms with E-state index in [1.165, 1.54) is 32.1 Å². The molecule has 0 saturated heterocycles. The van der Waals surface area contributed by atoms with Crippen LogP contribution in [0.4, 0.5) is 5.95 Å². The van der Waals surface area contributed by atoms with Gasteiger partial charge < -0.3 is 10.4 Å². The number of hydrogen-bond acceptors (Lipinski definition) is 4. The summed E-state index contributed by atoms with van der Waals surface area (Å²) >= 11 is 6.07. The van der Waals surface area contributed by atoms with Gasteiger partial charge in [0.2, 0.25) is 5.95 Å². The van der Waals surface area contributed by atoms with Gasteiger partial charge in [0.15, 0.2) is 5.65 Å². The number of rotatable bonds is 6. The van der Waals surface area contributed by atoms with Crippen LogP contribution in [0.3, 0.4) is 0 Å². The van der Waals surface area contributed by atoms with Crippen LogP contribution in [0.2, 0.25) is 5.15 Å². The summed E-state index contributed by atoms with van der Waals surface area (Å²) < 4.78 is 2.13. The van der Waals surface area contributed by atoms with Gasteiger partial charge in [0.05, 0.1) is 0 Å². The summed E-state index contributed by atoms with van der Waals surface area (Å²) in [6.07, 6.45) is 10.1. The third-order valence-corrected chi connectivity index (χ3v) is 5.77. The van der Waals surface area contributed by atoms with Gasteiger partial charge in [0, 0.05) is 6.04 Å². The van der Waals surface area contributed by atoms with Crippen LogP contribution < -0.4 is 5.32 Å². The molecule has 4 rings (SSSR count). The first-order valence-corrected chi connectivity index (χ1v) is 9.57. The molecule has 2 heterocycles. The first kappa shape index (κ1) is 16.2. The average Bonchev–Trinajstić information content (AvgIpc) is 3.13. The predicted octanol–water partition coefficient (Wildman–Crippen LogP) is 4.51. The van der Waals surface area contributed by atoms with Crippen molar-refractivity contribution in [2.45, 2.75) is 70.1 Å². The summed E-state index contributed by atoms with van der Waals surface area (Å²) in [7, 11) is 0. The maximum Gasteiger partial charge on any atom is 0.207 e. The Balaban J connectivity index is 1.51. The third-order valence-electron chi connectivity index (χ3n) is 5.56. The summed E-state index contributed by atoms with van der Waals surface area (Å²) in [5, 5.41) is 14.1. The molecule has 2 saturated carbocycles. The number of nitrogens with zero attached hydrogens (tertiary/aromatic N) is 3. The Morgan fingerprint density at radius 2 is 1.96 bits per heavy atom. The van der Waals surface area contributed by atoms with Crippen LogP contribution in [-0.2, 0) is 0 Å². The van der Waals surface area contributed by atoms with E-state index in [2.05, 4.69) is 19.9 Å². The maximum atomic E-state index is 10.4. The molecule has 2 aromatic heterocycles. The number of fused-ring (bicyclic) bond motifs is 1. The van der Waals surface area contributed by atoms with Gasteiger partial charge in [0.1, 0.15) is 16.9 Å². The Kier molecular flexibility index (Phi) is 4.63. The number of halogens is 1. The van der Waals surface area contributed by atoms with E-state index in [9.17, 15) is 5.11 Å². The van der Waals surface area contributed by atoms with Crippen LogP contribution in [-0.4, -0.2) is 25.9 Å². The molecule has 2 N–H and O–H groups in total. The van der Waals surface area contributed by atoms with Gasteiger partial charge in [-0.25, -0.2) is 9.97 Å². The Morgan fingerprint density at radius 1 is 1.17 bits per heavy atom. The zero-order valence-electron chi connectivity index (χ0n) is 13.9. The predicted molar refractivity (Wildman–Crippen MR) is 96.2 cm³/mol. The Bertz CT molecular complexity index is 706. The molecule has 0 bridgehead atoms. The van der Waals surface area contributed by atoms with Crippen molar-refractivity contribution < 1.29 is 5.11 Å². The molecular weight excluding hydrogens is 324 g/mol. The molecule has 0 aromatic carbocycles. The number of aromatic nitrogens is 3. The number of imidazole rings is 1. The van der Waals surface area contributed by atoms with E-state index in [1.54, 1.807) is 6.07 Å². The molecule has 24 heavy (non-hydrogen) atoms. The van der Waals surface area contributed by atoms with Gasteiger partial charge in [-0.05, 0) is 50.2 Å². The molecule has 2 fully saturated rings. The summed E-state index contributed by atoms with van der Waals surface area (Å²) in [6, 6.07) is 4.07. The van der Waals surface area contributed by atoms with Crippen LogP contribution >= 0.6 is 11.6 Å². The molecule has 2 aliphatic carbocycles. The number of aliphatic hydroxyl groups is 1. The molecule has 1 unspecified atom stereocenters. The topological polar surface area (TPSA) is 63.0 Å². The minimum absolute atomic E-state index is 0.408. The van der Waals surface area contributed by atoms with Gasteiger partial charge in [-0.15, -0.1) is 0 Å². The van der Waals surface area contributed by atoms with Crippen molar-refractivity contribution in [2.75, 3.05) is 5.32 Å². The second-order valence-electron chi connectivity index (χ2n) is 7.25. The second kappa shape index (κ2) is 6.89. The van der Waals surface area contributed by atoms with E-state index in [0.29, 0.717) is 11.2 Å². The van der Waals surface area contributed by atoms with Gasteiger partial charge in [0.25, 0.3) is 0 Å². The number of nitrogens with one attached hydrogen (secondary N) is 1. The average molecular weight is 349 g/mol. The lowest BCUT2D eigenvalue weighted by Crippen LogP contribution is -2.25. The Labute approximate surface area is 147 Å². The monoisotopic (exact) mass is 348 g/mol. The molecule has 0 radical (unpaired) electrons. The first-order chi connectivity index (χ1) is 11.7. The van der Waals surface area contributed by atoms with Crippen LogP contribution in [0, 0.1) is 5.92 Å². The number of hydrogen-bond donors (Lipinski definition) is 2. The van der Waals surface area contributed by atoms with Gasteiger partial charge in [-0.1, -0.05) is 37.3 Å². The molecule has 0 aliphatic heterocycles. The molecular formula is C18H25ClN4O. The summed E-state index contributed by atoms with van der Waals surface area (Å²) in [6.45, 7) is 0. The molecule has 5 nitrogen and oxygen atoms in total. The molecule has 2 aliphatic rings. The number of anilines is 1. The molecule has 0 amide bonds. The first-order valence-electron chi connectivity index (χ1n) is 9.20. The lowest BCUT2D eigenvalue weighted by molar-refractivity contribution is 0.179. The van der Waals surface area contributed by atoms with Crippen LogP contribution in [0.1, 0.15) is 63.8 Å². The molecule has 2 aromatic rings. The number of pyridine rings is 1. The largest absolute Gasteiger partial charge is 0.374 e.